The number of fused-ring (bicyclic) bond motifs is 3. The quantitative estimate of drug-likeness (QED) is 0.287. The van der Waals surface area contributed by atoms with Crippen molar-refractivity contribution in [2.75, 3.05) is 0 Å². The smallest absolute Gasteiger partial charge is 0.123 e. The van der Waals surface area contributed by atoms with Gasteiger partial charge in [0.2, 0.25) is 0 Å². The molecule has 0 saturated carbocycles. The molecule has 0 radical (unpaired) electrons. The Kier molecular flexibility index (Phi) is 5.14. The van der Waals surface area contributed by atoms with E-state index in [2.05, 4.69) is 37.4 Å². The standard InChI is InChI=1S/C31H26O2/c1-3-11-21-13-9-19-27(29(21)32)31(28-20-10-14-22(12-4-2)30(28)33)25-17-7-5-15-23(25)24-16-6-8-18-26(24)31/h3-10,13-20,32-33H,1-2,11-12H2. The summed E-state index contributed by atoms with van der Waals surface area (Å²) >= 11 is 0. The number of benzene rings is 4. The van der Waals surface area contributed by atoms with Gasteiger partial charge in [0, 0.05) is 11.1 Å². The van der Waals surface area contributed by atoms with Gasteiger partial charge >= 0.3 is 0 Å². The lowest BCUT2D eigenvalue weighted by Gasteiger charge is -2.35. The van der Waals surface area contributed by atoms with E-state index < -0.39 is 5.41 Å². The third-order valence-electron chi connectivity index (χ3n) is 6.73. The zero-order chi connectivity index (χ0) is 23.0. The molecular formula is C31H26O2. The monoisotopic (exact) mass is 430 g/mol. The van der Waals surface area contributed by atoms with Crippen molar-refractivity contribution in [1.29, 1.82) is 0 Å². The largest absolute Gasteiger partial charge is 0.507 e. The van der Waals surface area contributed by atoms with Crippen molar-refractivity contribution in [1.82, 2.24) is 0 Å². The highest BCUT2D eigenvalue weighted by Gasteiger charge is 2.49. The van der Waals surface area contributed by atoms with E-state index in [1.807, 2.05) is 60.7 Å². The molecule has 33 heavy (non-hydrogen) atoms. The van der Waals surface area contributed by atoms with Gasteiger partial charge < -0.3 is 10.2 Å². The number of hydrogen-bond acceptors (Lipinski definition) is 2. The second-order valence-electron chi connectivity index (χ2n) is 8.45. The maximum Gasteiger partial charge on any atom is 0.123 e. The molecule has 0 unspecified atom stereocenters. The number of hydrogen-bond donors (Lipinski definition) is 2. The van der Waals surface area contributed by atoms with Gasteiger partial charge in [0.25, 0.3) is 0 Å². The van der Waals surface area contributed by atoms with Crippen LogP contribution in [0.2, 0.25) is 0 Å². The van der Waals surface area contributed by atoms with Gasteiger partial charge in [-0.3, -0.25) is 0 Å². The van der Waals surface area contributed by atoms with Crippen LogP contribution in [-0.2, 0) is 18.3 Å². The molecule has 0 fully saturated rings. The van der Waals surface area contributed by atoms with Crippen LogP contribution in [-0.4, -0.2) is 10.2 Å². The van der Waals surface area contributed by atoms with Gasteiger partial charge in [-0.25, -0.2) is 0 Å². The van der Waals surface area contributed by atoms with Crippen LogP contribution in [0, 0.1) is 0 Å². The SMILES string of the molecule is C=CCc1cccc(C2(c3cccc(CC=C)c3O)c3ccccc3-c3ccccc32)c1O. The lowest BCUT2D eigenvalue weighted by molar-refractivity contribution is 0.442. The van der Waals surface area contributed by atoms with Gasteiger partial charge in [-0.15, -0.1) is 13.2 Å². The molecule has 0 bridgehead atoms. The van der Waals surface area contributed by atoms with Gasteiger partial charge in [0.1, 0.15) is 11.5 Å². The molecule has 4 aromatic carbocycles. The van der Waals surface area contributed by atoms with E-state index in [1.54, 1.807) is 12.2 Å². The molecule has 0 aromatic heterocycles. The molecule has 4 aromatic rings. The molecule has 162 valence electrons. The van der Waals surface area contributed by atoms with E-state index in [4.69, 9.17) is 0 Å². The molecule has 2 N–H and O–H groups in total. The molecule has 0 saturated heterocycles. The predicted octanol–water partition coefficient (Wildman–Crippen LogP) is 6.92. The van der Waals surface area contributed by atoms with Gasteiger partial charge in [-0.1, -0.05) is 97.1 Å². The number of para-hydroxylation sites is 2. The Balaban J connectivity index is 1.98. The molecule has 0 aliphatic heterocycles. The average Bonchev–Trinajstić information content (AvgIpc) is 3.13. The first-order valence-electron chi connectivity index (χ1n) is 11.2. The average molecular weight is 431 g/mol. The summed E-state index contributed by atoms with van der Waals surface area (Å²) in [5.41, 5.74) is 6.57. The summed E-state index contributed by atoms with van der Waals surface area (Å²) < 4.78 is 0. The summed E-state index contributed by atoms with van der Waals surface area (Å²) in [5, 5.41) is 23.2. The zero-order valence-electron chi connectivity index (χ0n) is 18.5. The number of phenols is 2. The zero-order valence-corrected chi connectivity index (χ0v) is 18.5. The van der Waals surface area contributed by atoms with Gasteiger partial charge in [0.15, 0.2) is 0 Å². The highest BCUT2D eigenvalue weighted by molar-refractivity contribution is 5.87. The number of allylic oxidation sites excluding steroid dienone is 2. The van der Waals surface area contributed by atoms with Crippen LogP contribution in [0.15, 0.2) is 110 Å². The first kappa shape index (κ1) is 20.8. The summed E-state index contributed by atoms with van der Waals surface area (Å²) in [6.07, 6.45) is 4.71. The van der Waals surface area contributed by atoms with Crippen LogP contribution < -0.4 is 0 Å². The molecule has 1 aliphatic rings. The van der Waals surface area contributed by atoms with Crippen molar-refractivity contribution in [3.8, 4) is 22.6 Å². The normalized spacial score (nSPS) is 13.2. The van der Waals surface area contributed by atoms with Gasteiger partial charge in [0.05, 0.1) is 5.41 Å². The second kappa shape index (κ2) is 8.14. The predicted molar refractivity (Wildman–Crippen MR) is 135 cm³/mol. The molecule has 1 aliphatic carbocycles. The minimum atomic E-state index is -0.865. The molecule has 0 spiro atoms. The number of rotatable bonds is 6. The summed E-state index contributed by atoms with van der Waals surface area (Å²) in [5.74, 6) is 0.467. The molecule has 5 rings (SSSR count). The fraction of sp³-hybridized carbons (Fsp3) is 0.0968. The molecule has 0 atom stereocenters. The van der Waals surface area contributed by atoms with Crippen LogP contribution in [0.4, 0.5) is 0 Å². The first-order valence-corrected chi connectivity index (χ1v) is 11.2. The fourth-order valence-corrected chi connectivity index (χ4v) is 5.39. The highest BCUT2D eigenvalue weighted by Crippen LogP contribution is 2.59. The van der Waals surface area contributed by atoms with Gasteiger partial charge in [-0.2, -0.15) is 0 Å². The van der Waals surface area contributed by atoms with E-state index in [0.717, 1.165) is 44.5 Å². The van der Waals surface area contributed by atoms with E-state index in [-0.39, 0.29) is 11.5 Å². The Morgan fingerprint density at radius 1 is 0.545 bits per heavy atom. The second-order valence-corrected chi connectivity index (χ2v) is 8.45. The van der Waals surface area contributed by atoms with Crippen molar-refractivity contribution in [2.45, 2.75) is 18.3 Å². The van der Waals surface area contributed by atoms with Crippen LogP contribution in [0.3, 0.4) is 0 Å². The minimum absolute atomic E-state index is 0.234. The number of aromatic hydroxyl groups is 2. The topological polar surface area (TPSA) is 40.5 Å². The summed E-state index contributed by atoms with van der Waals surface area (Å²) in [7, 11) is 0. The van der Waals surface area contributed by atoms with Crippen LogP contribution in [0.5, 0.6) is 11.5 Å². The van der Waals surface area contributed by atoms with Crippen molar-refractivity contribution < 1.29 is 10.2 Å². The Hall–Kier alpha value is -4.04. The minimum Gasteiger partial charge on any atom is -0.507 e. The highest BCUT2D eigenvalue weighted by atomic mass is 16.3. The Morgan fingerprint density at radius 2 is 0.939 bits per heavy atom. The molecule has 2 nitrogen and oxygen atoms in total. The molecular weight excluding hydrogens is 404 g/mol. The third-order valence-corrected chi connectivity index (χ3v) is 6.73. The molecule has 0 amide bonds. The molecule has 0 heterocycles. The van der Waals surface area contributed by atoms with E-state index in [9.17, 15) is 10.2 Å². The fourth-order valence-electron chi connectivity index (χ4n) is 5.39. The lowest BCUT2D eigenvalue weighted by atomic mass is 9.66. The van der Waals surface area contributed by atoms with Gasteiger partial charge in [-0.05, 0) is 46.2 Å². The number of phenolic OH excluding ortho intramolecular Hbond substituents is 2. The lowest BCUT2D eigenvalue weighted by Crippen LogP contribution is -2.29. The third kappa shape index (κ3) is 2.95. The maximum absolute atomic E-state index is 11.6. The first-order chi connectivity index (χ1) is 16.1. The maximum atomic E-state index is 11.6. The van der Waals surface area contributed by atoms with Crippen LogP contribution >= 0.6 is 0 Å². The van der Waals surface area contributed by atoms with Crippen molar-refractivity contribution >= 4 is 0 Å². The van der Waals surface area contributed by atoms with Crippen molar-refractivity contribution in [3.05, 3.63) is 144 Å². The van der Waals surface area contributed by atoms with Crippen LogP contribution in [0.1, 0.15) is 33.4 Å². The van der Waals surface area contributed by atoms with Crippen molar-refractivity contribution in [3.63, 3.8) is 0 Å². The summed E-state index contributed by atoms with van der Waals surface area (Å²) in [6, 6.07) is 28.3. The van der Waals surface area contributed by atoms with E-state index in [1.165, 1.54) is 0 Å². The summed E-state index contributed by atoms with van der Waals surface area (Å²) in [6.45, 7) is 7.71. The Labute approximate surface area is 194 Å². The van der Waals surface area contributed by atoms with E-state index >= 15 is 0 Å². The van der Waals surface area contributed by atoms with Crippen LogP contribution in [0.25, 0.3) is 11.1 Å². The van der Waals surface area contributed by atoms with Crippen molar-refractivity contribution in [2.24, 2.45) is 0 Å². The Bertz CT molecular complexity index is 1270. The molecule has 2 heteroatoms. The van der Waals surface area contributed by atoms with E-state index in [0.29, 0.717) is 12.8 Å². The summed E-state index contributed by atoms with van der Waals surface area (Å²) in [4.78, 5) is 0. The Morgan fingerprint density at radius 3 is 1.36 bits per heavy atom.